The van der Waals surface area contributed by atoms with Crippen LogP contribution in [0.5, 0.6) is 0 Å². The maximum atomic E-state index is 12.5. The van der Waals surface area contributed by atoms with E-state index in [1.54, 1.807) is 9.58 Å². The molecule has 0 spiro atoms. The first-order valence-corrected chi connectivity index (χ1v) is 6.27. The summed E-state index contributed by atoms with van der Waals surface area (Å²) in [5, 5.41) is 4.29. The minimum atomic E-state index is 0.0166. The first-order chi connectivity index (χ1) is 8.54. The van der Waals surface area contributed by atoms with E-state index in [0.717, 1.165) is 17.9 Å². The van der Waals surface area contributed by atoms with Crippen LogP contribution in [0.25, 0.3) is 0 Å². The molecule has 1 aliphatic carbocycles. The SMILES string of the molecule is C#CCN(CC1CC1)C(=O)c1c(C)nn(C)c1C. The lowest BCUT2D eigenvalue weighted by Crippen LogP contribution is -2.34. The van der Waals surface area contributed by atoms with Crippen LogP contribution in [-0.2, 0) is 7.05 Å². The van der Waals surface area contributed by atoms with Gasteiger partial charge in [-0.3, -0.25) is 9.48 Å². The van der Waals surface area contributed by atoms with Gasteiger partial charge in [0.2, 0.25) is 0 Å². The van der Waals surface area contributed by atoms with Gasteiger partial charge in [-0.05, 0) is 32.6 Å². The van der Waals surface area contributed by atoms with Gasteiger partial charge in [-0.2, -0.15) is 5.10 Å². The number of amides is 1. The molecule has 0 atom stereocenters. The first-order valence-electron chi connectivity index (χ1n) is 6.27. The lowest BCUT2D eigenvalue weighted by molar-refractivity contribution is 0.0768. The van der Waals surface area contributed by atoms with Crippen molar-refractivity contribution in [1.82, 2.24) is 14.7 Å². The summed E-state index contributed by atoms with van der Waals surface area (Å²) in [7, 11) is 1.85. The topological polar surface area (TPSA) is 38.1 Å². The monoisotopic (exact) mass is 245 g/mol. The van der Waals surface area contributed by atoms with Gasteiger partial charge in [0, 0.05) is 19.3 Å². The number of terminal acetylenes is 1. The molecule has 0 radical (unpaired) electrons. The molecule has 1 amide bonds. The highest BCUT2D eigenvalue weighted by Crippen LogP contribution is 2.30. The van der Waals surface area contributed by atoms with E-state index in [1.807, 2.05) is 20.9 Å². The predicted molar refractivity (Wildman–Crippen MR) is 70.1 cm³/mol. The van der Waals surface area contributed by atoms with Crippen LogP contribution in [0.1, 0.15) is 34.6 Å². The second-order valence-electron chi connectivity index (χ2n) is 5.00. The third-order valence-corrected chi connectivity index (χ3v) is 3.47. The molecule has 18 heavy (non-hydrogen) atoms. The Morgan fingerprint density at radius 3 is 2.67 bits per heavy atom. The van der Waals surface area contributed by atoms with Crippen molar-refractivity contribution in [1.29, 1.82) is 0 Å². The predicted octanol–water partition coefficient (Wildman–Crippen LogP) is 1.52. The zero-order chi connectivity index (χ0) is 13.3. The zero-order valence-electron chi connectivity index (χ0n) is 11.2. The Kier molecular flexibility index (Phi) is 3.42. The van der Waals surface area contributed by atoms with Crippen LogP contribution in [-0.4, -0.2) is 33.7 Å². The van der Waals surface area contributed by atoms with Crippen molar-refractivity contribution < 1.29 is 4.79 Å². The molecular weight excluding hydrogens is 226 g/mol. The highest BCUT2D eigenvalue weighted by atomic mass is 16.2. The van der Waals surface area contributed by atoms with Crippen molar-refractivity contribution in [2.75, 3.05) is 13.1 Å². The van der Waals surface area contributed by atoms with Crippen molar-refractivity contribution in [3.05, 3.63) is 17.0 Å². The van der Waals surface area contributed by atoms with Gasteiger partial charge in [-0.1, -0.05) is 5.92 Å². The van der Waals surface area contributed by atoms with Crippen LogP contribution < -0.4 is 0 Å². The van der Waals surface area contributed by atoms with Crippen LogP contribution in [0, 0.1) is 32.1 Å². The maximum Gasteiger partial charge on any atom is 0.258 e. The summed E-state index contributed by atoms with van der Waals surface area (Å²) in [6, 6.07) is 0. The molecule has 0 aromatic carbocycles. The molecule has 1 heterocycles. The molecule has 4 heteroatoms. The fourth-order valence-corrected chi connectivity index (χ4v) is 2.18. The highest BCUT2D eigenvalue weighted by molar-refractivity contribution is 5.96. The molecule has 96 valence electrons. The van der Waals surface area contributed by atoms with Gasteiger partial charge in [0.1, 0.15) is 0 Å². The molecule has 1 fully saturated rings. The third-order valence-electron chi connectivity index (χ3n) is 3.47. The molecule has 0 aliphatic heterocycles. The Balaban J connectivity index is 2.23. The molecule has 0 bridgehead atoms. The molecule has 0 N–H and O–H groups in total. The van der Waals surface area contributed by atoms with Gasteiger partial charge in [0.25, 0.3) is 5.91 Å². The molecule has 1 aliphatic rings. The highest BCUT2D eigenvalue weighted by Gasteiger charge is 2.29. The van der Waals surface area contributed by atoms with E-state index >= 15 is 0 Å². The van der Waals surface area contributed by atoms with Crippen LogP contribution in [0.2, 0.25) is 0 Å². The Hall–Kier alpha value is -1.76. The molecule has 2 rings (SSSR count). The van der Waals surface area contributed by atoms with E-state index in [4.69, 9.17) is 6.42 Å². The van der Waals surface area contributed by atoms with Gasteiger partial charge in [-0.15, -0.1) is 6.42 Å². The number of nitrogens with zero attached hydrogens (tertiary/aromatic N) is 3. The van der Waals surface area contributed by atoms with E-state index in [-0.39, 0.29) is 5.91 Å². The average Bonchev–Trinajstić information content (AvgIpc) is 3.07. The second kappa shape index (κ2) is 4.85. The van der Waals surface area contributed by atoms with Gasteiger partial charge >= 0.3 is 0 Å². The van der Waals surface area contributed by atoms with Crippen LogP contribution in [0.4, 0.5) is 0 Å². The molecule has 4 nitrogen and oxygen atoms in total. The van der Waals surface area contributed by atoms with E-state index < -0.39 is 0 Å². The van der Waals surface area contributed by atoms with E-state index in [2.05, 4.69) is 11.0 Å². The summed E-state index contributed by atoms with van der Waals surface area (Å²) in [4.78, 5) is 14.3. The number of hydrogen-bond donors (Lipinski definition) is 0. The lowest BCUT2D eigenvalue weighted by Gasteiger charge is -2.20. The van der Waals surface area contributed by atoms with Crippen molar-refractivity contribution in [3.63, 3.8) is 0 Å². The summed E-state index contributed by atoms with van der Waals surface area (Å²) >= 11 is 0. The molecule has 1 aromatic rings. The number of carbonyl (C=O) groups excluding carboxylic acids is 1. The van der Waals surface area contributed by atoms with Gasteiger partial charge in [-0.25, -0.2) is 0 Å². The molecular formula is C14H19N3O. The van der Waals surface area contributed by atoms with E-state index in [9.17, 15) is 4.79 Å². The third kappa shape index (κ3) is 2.40. The fourth-order valence-electron chi connectivity index (χ4n) is 2.18. The van der Waals surface area contributed by atoms with E-state index in [1.165, 1.54) is 12.8 Å². The lowest BCUT2D eigenvalue weighted by atomic mass is 10.1. The molecule has 1 saturated carbocycles. The Morgan fingerprint density at radius 2 is 2.22 bits per heavy atom. The Bertz CT molecular complexity index is 506. The summed E-state index contributed by atoms with van der Waals surface area (Å²) in [6.07, 6.45) is 7.77. The van der Waals surface area contributed by atoms with E-state index in [0.29, 0.717) is 18.0 Å². The second-order valence-corrected chi connectivity index (χ2v) is 5.00. The minimum Gasteiger partial charge on any atom is -0.327 e. The molecule has 0 unspecified atom stereocenters. The number of aryl methyl sites for hydroxylation is 2. The number of aromatic nitrogens is 2. The number of carbonyl (C=O) groups is 1. The maximum absolute atomic E-state index is 12.5. The normalized spacial score (nSPS) is 14.3. The van der Waals surface area contributed by atoms with Crippen molar-refractivity contribution in [2.45, 2.75) is 26.7 Å². The summed E-state index contributed by atoms with van der Waals surface area (Å²) in [5.41, 5.74) is 2.38. The van der Waals surface area contributed by atoms with Gasteiger partial charge in [0.05, 0.1) is 17.8 Å². The number of hydrogen-bond acceptors (Lipinski definition) is 2. The summed E-state index contributed by atoms with van der Waals surface area (Å²) in [5.74, 6) is 3.23. The van der Waals surface area contributed by atoms with Crippen molar-refractivity contribution in [3.8, 4) is 12.3 Å². The Labute approximate surface area is 108 Å². The van der Waals surface area contributed by atoms with Crippen LogP contribution in [0.3, 0.4) is 0 Å². The summed E-state index contributed by atoms with van der Waals surface area (Å²) < 4.78 is 1.74. The zero-order valence-corrected chi connectivity index (χ0v) is 11.2. The fraction of sp³-hybridized carbons (Fsp3) is 0.571. The first kappa shape index (κ1) is 12.7. The molecule has 0 saturated heterocycles. The number of rotatable bonds is 4. The van der Waals surface area contributed by atoms with Crippen LogP contribution >= 0.6 is 0 Å². The standard InChI is InChI=1S/C14H19N3O/c1-5-8-17(9-12-6-7-12)14(18)13-10(2)15-16(4)11(13)3/h1,12H,6-9H2,2-4H3. The quantitative estimate of drug-likeness (QED) is 0.754. The Morgan fingerprint density at radius 1 is 1.56 bits per heavy atom. The van der Waals surface area contributed by atoms with Crippen molar-refractivity contribution >= 4 is 5.91 Å². The van der Waals surface area contributed by atoms with Gasteiger partial charge in [0.15, 0.2) is 0 Å². The smallest absolute Gasteiger partial charge is 0.258 e. The minimum absolute atomic E-state index is 0.0166. The van der Waals surface area contributed by atoms with Crippen molar-refractivity contribution in [2.24, 2.45) is 13.0 Å². The average molecular weight is 245 g/mol. The molecule has 1 aromatic heterocycles. The van der Waals surface area contributed by atoms with Crippen LogP contribution in [0.15, 0.2) is 0 Å². The summed E-state index contributed by atoms with van der Waals surface area (Å²) in [6.45, 7) is 4.93. The van der Waals surface area contributed by atoms with Gasteiger partial charge < -0.3 is 4.90 Å². The largest absolute Gasteiger partial charge is 0.327 e.